The minimum Gasteiger partial charge on any atom is -0.480 e. The molecule has 0 spiro atoms. The minimum absolute atomic E-state index is 0.0306. The van der Waals surface area contributed by atoms with Crippen LogP contribution in [0.3, 0.4) is 0 Å². The van der Waals surface area contributed by atoms with Crippen molar-refractivity contribution in [1.82, 2.24) is 4.98 Å². The van der Waals surface area contributed by atoms with Gasteiger partial charge in [-0.05, 0) is 12.1 Å². The lowest BCUT2D eigenvalue weighted by atomic mass is 10.2. The number of aliphatic carboxylic acids is 1. The van der Waals surface area contributed by atoms with Gasteiger partial charge in [-0.2, -0.15) is 0 Å². The standard InChI is InChI=1S/C12H16N2O5S/c1-19-8-6-9(12(15)16)14(7-8)11-10(20(2,17)18)4-3-5-13-11/h3-5,8-9H,6-7H2,1-2H3,(H,15,16). The van der Waals surface area contributed by atoms with Crippen molar-refractivity contribution in [2.45, 2.75) is 23.5 Å². The van der Waals surface area contributed by atoms with Crippen LogP contribution in [0.5, 0.6) is 0 Å². The molecule has 0 aliphatic carbocycles. The van der Waals surface area contributed by atoms with Gasteiger partial charge in [0.05, 0.1) is 6.10 Å². The average Bonchev–Trinajstić information content (AvgIpc) is 2.82. The van der Waals surface area contributed by atoms with Crippen molar-refractivity contribution in [3.63, 3.8) is 0 Å². The molecule has 110 valence electrons. The lowest BCUT2D eigenvalue weighted by Gasteiger charge is -2.24. The number of carboxylic acids is 1. The summed E-state index contributed by atoms with van der Waals surface area (Å²) in [5, 5.41) is 9.28. The van der Waals surface area contributed by atoms with Gasteiger partial charge in [0, 0.05) is 32.5 Å². The molecule has 0 bridgehead atoms. The second-order valence-electron chi connectivity index (χ2n) is 4.70. The summed E-state index contributed by atoms with van der Waals surface area (Å²) < 4.78 is 28.8. The zero-order valence-electron chi connectivity index (χ0n) is 11.2. The Bertz CT molecular complexity index is 616. The van der Waals surface area contributed by atoms with Crippen LogP contribution in [0.1, 0.15) is 6.42 Å². The Morgan fingerprint density at radius 1 is 1.55 bits per heavy atom. The molecule has 2 unspecified atom stereocenters. The number of ether oxygens (including phenoxy) is 1. The van der Waals surface area contributed by atoms with E-state index in [0.717, 1.165) is 6.26 Å². The van der Waals surface area contributed by atoms with E-state index in [0.29, 0.717) is 13.0 Å². The number of aromatic nitrogens is 1. The Labute approximate surface area is 117 Å². The Balaban J connectivity index is 2.47. The number of sulfone groups is 1. The van der Waals surface area contributed by atoms with E-state index in [2.05, 4.69) is 4.98 Å². The second kappa shape index (κ2) is 5.37. The maximum atomic E-state index is 11.8. The third-order valence-corrected chi connectivity index (χ3v) is 4.42. The molecule has 8 heteroatoms. The highest BCUT2D eigenvalue weighted by atomic mass is 32.2. The number of methoxy groups -OCH3 is 1. The molecular weight excluding hydrogens is 284 g/mol. The third-order valence-electron chi connectivity index (χ3n) is 3.30. The molecule has 1 saturated heterocycles. The normalized spacial score (nSPS) is 23.0. The molecule has 1 aliphatic rings. The fourth-order valence-electron chi connectivity index (χ4n) is 2.32. The highest BCUT2D eigenvalue weighted by Crippen LogP contribution is 2.30. The summed E-state index contributed by atoms with van der Waals surface area (Å²) in [6.45, 7) is 0.299. The summed E-state index contributed by atoms with van der Waals surface area (Å²) >= 11 is 0. The summed E-state index contributed by atoms with van der Waals surface area (Å²) in [5.74, 6) is -0.850. The summed E-state index contributed by atoms with van der Waals surface area (Å²) in [7, 11) is -1.98. The first kappa shape index (κ1) is 14.7. The van der Waals surface area contributed by atoms with Crippen molar-refractivity contribution < 1.29 is 23.1 Å². The van der Waals surface area contributed by atoms with Crippen LogP contribution in [0.4, 0.5) is 5.82 Å². The number of hydrogen-bond acceptors (Lipinski definition) is 6. The predicted octanol–water partition coefficient (Wildman–Crippen LogP) is 0.163. The van der Waals surface area contributed by atoms with E-state index < -0.39 is 21.8 Å². The number of nitrogens with zero attached hydrogens (tertiary/aromatic N) is 2. The summed E-state index contributed by atoms with van der Waals surface area (Å²) in [4.78, 5) is 16.9. The third kappa shape index (κ3) is 2.75. The Morgan fingerprint density at radius 3 is 2.80 bits per heavy atom. The van der Waals surface area contributed by atoms with Crippen molar-refractivity contribution in [2.75, 3.05) is 24.8 Å². The van der Waals surface area contributed by atoms with Gasteiger partial charge in [-0.3, -0.25) is 0 Å². The van der Waals surface area contributed by atoms with Crippen molar-refractivity contribution in [2.24, 2.45) is 0 Å². The molecule has 2 rings (SSSR count). The van der Waals surface area contributed by atoms with Crippen molar-refractivity contribution in [3.8, 4) is 0 Å². The highest BCUT2D eigenvalue weighted by Gasteiger charge is 2.39. The van der Waals surface area contributed by atoms with Gasteiger partial charge < -0.3 is 14.7 Å². The van der Waals surface area contributed by atoms with E-state index in [4.69, 9.17) is 4.74 Å². The summed E-state index contributed by atoms with van der Waals surface area (Å²) in [5.41, 5.74) is 0. The van der Waals surface area contributed by atoms with Gasteiger partial charge in [-0.1, -0.05) is 0 Å². The number of carbonyl (C=O) groups is 1. The quantitative estimate of drug-likeness (QED) is 0.846. The van der Waals surface area contributed by atoms with Crippen LogP contribution in [-0.4, -0.2) is 56.5 Å². The zero-order chi connectivity index (χ0) is 14.9. The molecule has 20 heavy (non-hydrogen) atoms. The van der Waals surface area contributed by atoms with Crippen molar-refractivity contribution in [3.05, 3.63) is 18.3 Å². The molecule has 2 atom stereocenters. The van der Waals surface area contributed by atoms with Gasteiger partial charge in [0.25, 0.3) is 0 Å². The maximum absolute atomic E-state index is 11.8. The molecule has 0 aromatic carbocycles. The molecule has 2 heterocycles. The molecule has 7 nitrogen and oxygen atoms in total. The highest BCUT2D eigenvalue weighted by molar-refractivity contribution is 7.90. The van der Waals surface area contributed by atoms with E-state index in [1.165, 1.54) is 30.3 Å². The van der Waals surface area contributed by atoms with Crippen LogP contribution < -0.4 is 4.90 Å². The minimum atomic E-state index is -3.48. The van der Waals surface area contributed by atoms with Crippen LogP contribution in [0.2, 0.25) is 0 Å². The first-order chi connectivity index (χ1) is 9.34. The van der Waals surface area contributed by atoms with E-state index in [-0.39, 0.29) is 16.8 Å². The number of carboxylic acid groups (broad SMARTS) is 1. The fraction of sp³-hybridized carbons (Fsp3) is 0.500. The summed E-state index contributed by atoms with van der Waals surface area (Å²) in [6.07, 6.45) is 2.56. The molecule has 1 aromatic heterocycles. The maximum Gasteiger partial charge on any atom is 0.326 e. The number of anilines is 1. The van der Waals surface area contributed by atoms with Crippen molar-refractivity contribution >= 4 is 21.6 Å². The molecule has 1 N–H and O–H groups in total. The average molecular weight is 300 g/mol. The molecular formula is C12H16N2O5S. The van der Waals surface area contributed by atoms with E-state index >= 15 is 0 Å². The first-order valence-electron chi connectivity index (χ1n) is 6.02. The molecule has 0 radical (unpaired) electrons. The van der Waals surface area contributed by atoms with Gasteiger partial charge in [-0.15, -0.1) is 0 Å². The Kier molecular flexibility index (Phi) is 3.96. The molecule has 1 aromatic rings. The smallest absolute Gasteiger partial charge is 0.326 e. The Hall–Kier alpha value is -1.67. The molecule has 0 saturated carbocycles. The zero-order valence-corrected chi connectivity index (χ0v) is 12.0. The van der Waals surface area contributed by atoms with Crippen molar-refractivity contribution in [1.29, 1.82) is 0 Å². The van der Waals surface area contributed by atoms with Crippen LogP contribution in [0, 0.1) is 0 Å². The SMILES string of the molecule is COC1CC(C(=O)O)N(c2ncccc2S(C)(=O)=O)C1. The van der Waals surface area contributed by atoms with Gasteiger partial charge in [0.15, 0.2) is 9.84 Å². The lowest BCUT2D eigenvalue weighted by molar-refractivity contribution is -0.138. The summed E-state index contributed by atoms with van der Waals surface area (Å²) in [6, 6.07) is 2.10. The van der Waals surface area contributed by atoms with Crippen LogP contribution in [0.15, 0.2) is 23.2 Å². The molecule has 0 amide bonds. The molecule has 1 fully saturated rings. The topological polar surface area (TPSA) is 96.8 Å². The second-order valence-corrected chi connectivity index (χ2v) is 6.68. The van der Waals surface area contributed by atoms with E-state index in [1.807, 2.05) is 0 Å². The monoisotopic (exact) mass is 300 g/mol. The van der Waals surface area contributed by atoms with Crippen LogP contribution in [-0.2, 0) is 19.4 Å². The van der Waals surface area contributed by atoms with E-state index in [9.17, 15) is 18.3 Å². The molecule has 1 aliphatic heterocycles. The van der Waals surface area contributed by atoms with E-state index in [1.54, 1.807) is 0 Å². The number of pyridine rings is 1. The fourth-order valence-corrected chi connectivity index (χ4v) is 3.15. The first-order valence-corrected chi connectivity index (χ1v) is 7.91. The Morgan fingerprint density at radius 2 is 2.25 bits per heavy atom. The van der Waals surface area contributed by atoms with Crippen LogP contribution >= 0.6 is 0 Å². The van der Waals surface area contributed by atoms with Gasteiger partial charge >= 0.3 is 5.97 Å². The predicted molar refractivity (Wildman–Crippen MR) is 71.5 cm³/mol. The van der Waals surface area contributed by atoms with Crippen LogP contribution in [0.25, 0.3) is 0 Å². The largest absolute Gasteiger partial charge is 0.480 e. The van der Waals surface area contributed by atoms with Gasteiger partial charge in [0.2, 0.25) is 0 Å². The van der Waals surface area contributed by atoms with Gasteiger partial charge in [-0.25, -0.2) is 18.2 Å². The number of hydrogen-bond donors (Lipinski definition) is 1. The van der Waals surface area contributed by atoms with Gasteiger partial charge in [0.1, 0.15) is 16.8 Å². The lowest BCUT2D eigenvalue weighted by Crippen LogP contribution is -2.37. The number of rotatable bonds is 4.